The molecule has 1 heterocycles. The van der Waals surface area contributed by atoms with Gasteiger partial charge in [-0.2, -0.15) is 0 Å². The molecule has 2 aromatic rings. The zero-order chi connectivity index (χ0) is 20.9. The minimum atomic E-state index is -0.125. The molecule has 2 rings (SSSR count). The van der Waals surface area contributed by atoms with Crippen LogP contribution in [0.1, 0.15) is 77.2 Å². The lowest BCUT2D eigenvalue weighted by Gasteiger charge is -2.12. The molecule has 0 fully saturated rings. The Hall–Kier alpha value is -2.43. The van der Waals surface area contributed by atoms with Gasteiger partial charge < -0.3 is 9.47 Å². The predicted molar refractivity (Wildman–Crippen MR) is 116 cm³/mol. The number of carbonyl (C=O) groups is 1. The Balaban J connectivity index is 1.83. The van der Waals surface area contributed by atoms with E-state index in [4.69, 9.17) is 9.47 Å². The van der Waals surface area contributed by atoms with E-state index in [1.165, 1.54) is 12.8 Å². The molecule has 0 aliphatic heterocycles. The lowest BCUT2D eigenvalue weighted by atomic mass is 9.97. The van der Waals surface area contributed by atoms with Crippen molar-refractivity contribution in [1.82, 2.24) is 9.97 Å². The van der Waals surface area contributed by atoms with Crippen LogP contribution in [0.5, 0.6) is 5.75 Å². The largest absolute Gasteiger partial charge is 0.490 e. The van der Waals surface area contributed by atoms with Crippen LogP contribution in [-0.4, -0.2) is 29.2 Å². The summed E-state index contributed by atoms with van der Waals surface area (Å²) in [6.45, 7) is 7.56. The molecule has 0 amide bonds. The third-order valence-corrected chi connectivity index (χ3v) is 4.87. The Morgan fingerprint density at radius 3 is 2.28 bits per heavy atom. The van der Waals surface area contributed by atoms with Crippen LogP contribution in [0.3, 0.4) is 0 Å². The Kier molecular flexibility index (Phi) is 10.2. The Morgan fingerprint density at radius 1 is 0.931 bits per heavy atom. The van der Waals surface area contributed by atoms with Crippen LogP contribution < -0.4 is 4.74 Å². The fraction of sp³-hybridized carbons (Fsp3) is 0.542. The number of rotatable bonds is 13. The number of hydrogen-bond acceptors (Lipinski definition) is 5. The SMILES string of the molecule is CCCCCCOC(=O)CC(C)c1ccc(-c2ncc(OCCCC)cn2)cc1. The van der Waals surface area contributed by atoms with Gasteiger partial charge in [0.25, 0.3) is 0 Å². The smallest absolute Gasteiger partial charge is 0.306 e. The fourth-order valence-corrected chi connectivity index (χ4v) is 2.98. The number of esters is 1. The quantitative estimate of drug-likeness (QED) is 0.309. The van der Waals surface area contributed by atoms with E-state index in [1.807, 2.05) is 31.2 Å². The molecule has 158 valence electrons. The fourth-order valence-electron chi connectivity index (χ4n) is 2.98. The second-order valence-corrected chi connectivity index (χ2v) is 7.45. The third kappa shape index (κ3) is 8.22. The van der Waals surface area contributed by atoms with Gasteiger partial charge in [0.2, 0.25) is 0 Å². The van der Waals surface area contributed by atoms with Crippen molar-refractivity contribution < 1.29 is 14.3 Å². The van der Waals surface area contributed by atoms with Gasteiger partial charge in [-0.1, -0.05) is 70.7 Å². The van der Waals surface area contributed by atoms with E-state index in [1.54, 1.807) is 12.4 Å². The van der Waals surface area contributed by atoms with Crippen LogP contribution in [0.25, 0.3) is 11.4 Å². The first-order chi connectivity index (χ1) is 14.1. The monoisotopic (exact) mass is 398 g/mol. The lowest BCUT2D eigenvalue weighted by molar-refractivity contribution is -0.144. The molecule has 0 N–H and O–H groups in total. The molecule has 0 saturated heterocycles. The number of unbranched alkanes of at least 4 members (excludes halogenated alkanes) is 4. The minimum Gasteiger partial charge on any atom is -0.490 e. The molecule has 0 radical (unpaired) electrons. The van der Waals surface area contributed by atoms with Gasteiger partial charge in [-0.15, -0.1) is 0 Å². The molecule has 5 nitrogen and oxygen atoms in total. The summed E-state index contributed by atoms with van der Waals surface area (Å²) in [7, 11) is 0. The molecular formula is C24H34N2O3. The van der Waals surface area contributed by atoms with E-state index in [0.29, 0.717) is 31.2 Å². The van der Waals surface area contributed by atoms with Gasteiger partial charge in [0.1, 0.15) is 0 Å². The number of ether oxygens (including phenoxy) is 2. The first-order valence-corrected chi connectivity index (χ1v) is 10.8. The first-order valence-electron chi connectivity index (χ1n) is 10.8. The standard InChI is InChI=1S/C24H34N2O3/c1-4-6-8-9-15-29-23(27)16-19(3)20-10-12-21(13-11-20)24-25-17-22(18-26-24)28-14-7-5-2/h10-13,17-19H,4-9,14-16H2,1-3H3. The van der Waals surface area contributed by atoms with Crippen molar-refractivity contribution in [1.29, 1.82) is 0 Å². The summed E-state index contributed by atoms with van der Waals surface area (Å²) in [5.74, 6) is 1.35. The molecule has 1 atom stereocenters. The van der Waals surface area contributed by atoms with Gasteiger partial charge in [0.15, 0.2) is 11.6 Å². The van der Waals surface area contributed by atoms with E-state index >= 15 is 0 Å². The van der Waals surface area contributed by atoms with Gasteiger partial charge in [-0.05, 0) is 24.3 Å². The molecular weight excluding hydrogens is 364 g/mol. The summed E-state index contributed by atoms with van der Waals surface area (Å²) < 4.78 is 11.0. The van der Waals surface area contributed by atoms with Gasteiger partial charge >= 0.3 is 5.97 Å². The topological polar surface area (TPSA) is 61.3 Å². The van der Waals surface area contributed by atoms with Crippen molar-refractivity contribution >= 4 is 5.97 Å². The van der Waals surface area contributed by atoms with Gasteiger partial charge in [0.05, 0.1) is 32.0 Å². The highest BCUT2D eigenvalue weighted by atomic mass is 16.5. The summed E-state index contributed by atoms with van der Waals surface area (Å²) in [6.07, 6.45) is 10.4. The number of benzene rings is 1. The Labute approximate surface area is 174 Å². The maximum Gasteiger partial charge on any atom is 0.306 e. The average Bonchev–Trinajstić information content (AvgIpc) is 2.74. The van der Waals surface area contributed by atoms with Gasteiger partial charge in [-0.25, -0.2) is 9.97 Å². The highest BCUT2D eigenvalue weighted by Crippen LogP contribution is 2.23. The minimum absolute atomic E-state index is 0.113. The molecule has 0 aliphatic carbocycles. The normalized spacial score (nSPS) is 11.8. The maximum atomic E-state index is 12.0. The predicted octanol–water partition coefficient (Wildman–Crippen LogP) is 5.94. The number of nitrogens with zero attached hydrogens (tertiary/aromatic N) is 2. The zero-order valence-corrected chi connectivity index (χ0v) is 18.0. The molecule has 0 aliphatic rings. The second-order valence-electron chi connectivity index (χ2n) is 7.45. The molecule has 0 saturated carbocycles. The highest BCUT2D eigenvalue weighted by molar-refractivity contribution is 5.70. The van der Waals surface area contributed by atoms with Gasteiger partial charge in [0, 0.05) is 5.56 Å². The van der Waals surface area contributed by atoms with Crippen molar-refractivity contribution in [2.45, 2.75) is 71.6 Å². The van der Waals surface area contributed by atoms with E-state index < -0.39 is 0 Å². The second kappa shape index (κ2) is 12.9. The van der Waals surface area contributed by atoms with Crippen LogP contribution in [0, 0.1) is 0 Å². The number of carbonyl (C=O) groups excluding carboxylic acids is 1. The summed E-state index contributed by atoms with van der Waals surface area (Å²) >= 11 is 0. The van der Waals surface area contributed by atoms with Crippen LogP contribution in [0.2, 0.25) is 0 Å². The molecule has 1 aromatic carbocycles. The van der Waals surface area contributed by atoms with E-state index in [9.17, 15) is 4.79 Å². The summed E-state index contributed by atoms with van der Waals surface area (Å²) in [4.78, 5) is 20.8. The molecule has 1 unspecified atom stereocenters. The molecule has 5 heteroatoms. The Morgan fingerprint density at radius 2 is 1.62 bits per heavy atom. The molecule has 0 bridgehead atoms. The lowest BCUT2D eigenvalue weighted by Crippen LogP contribution is -2.09. The van der Waals surface area contributed by atoms with Crippen LogP contribution >= 0.6 is 0 Å². The first kappa shape index (κ1) is 22.9. The summed E-state index contributed by atoms with van der Waals surface area (Å²) in [6, 6.07) is 8.05. The van der Waals surface area contributed by atoms with Crippen molar-refractivity contribution in [3.05, 3.63) is 42.2 Å². The van der Waals surface area contributed by atoms with Crippen molar-refractivity contribution in [2.24, 2.45) is 0 Å². The van der Waals surface area contributed by atoms with Crippen molar-refractivity contribution in [3.63, 3.8) is 0 Å². The number of hydrogen-bond donors (Lipinski definition) is 0. The maximum absolute atomic E-state index is 12.0. The zero-order valence-electron chi connectivity index (χ0n) is 18.0. The van der Waals surface area contributed by atoms with Crippen molar-refractivity contribution in [2.75, 3.05) is 13.2 Å². The molecule has 29 heavy (non-hydrogen) atoms. The van der Waals surface area contributed by atoms with Crippen LogP contribution in [-0.2, 0) is 9.53 Å². The van der Waals surface area contributed by atoms with Crippen LogP contribution in [0.15, 0.2) is 36.7 Å². The van der Waals surface area contributed by atoms with Crippen LogP contribution in [0.4, 0.5) is 0 Å². The summed E-state index contributed by atoms with van der Waals surface area (Å²) in [5, 5.41) is 0. The van der Waals surface area contributed by atoms with E-state index in [-0.39, 0.29) is 11.9 Å². The Bertz CT molecular complexity index is 714. The number of aromatic nitrogens is 2. The molecule has 1 aromatic heterocycles. The van der Waals surface area contributed by atoms with E-state index in [0.717, 1.165) is 36.8 Å². The average molecular weight is 399 g/mol. The molecule has 0 spiro atoms. The third-order valence-electron chi connectivity index (χ3n) is 4.87. The van der Waals surface area contributed by atoms with E-state index in [2.05, 4.69) is 23.8 Å². The van der Waals surface area contributed by atoms with Crippen molar-refractivity contribution in [3.8, 4) is 17.1 Å². The van der Waals surface area contributed by atoms with Gasteiger partial charge in [-0.3, -0.25) is 4.79 Å². The highest BCUT2D eigenvalue weighted by Gasteiger charge is 2.13. The summed E-state index contributed by atoms with van der Waals surface area (Å²) in [5.41, 5.74) is 2.05.